The minimum atomic E-state index is -0.411. The molecule has 0 bridgehead atoms. The van der Waals surface area contributed by atoms with Crippen molar-refractivity contribution in [3.05, 3.63) is 23.8 Å². The Morgan fingerprint density at radius 3 is 2.31 bits per heavy atom. The largest absolute Gasteiger partial charge is 0.459 e. The zero-order chi connectivity index (χ0) is 12.6. The highest BCUT2D eigenvalue weighted by molar-refractivity contribution is 5.72. The molecule has 0 unspecified atom stereocenters. The zero-order valence-corrected chi connectivity index (χ0v) is 11.0. The first-order valence-electron chi connectivity index (χ1n) is 5.59. The Labute approximate surface area is 98.6 Å². The first-order valence-corrected chi connectivity index (χ1v) is 5.59. The molecule has 16 heavy (non-hydrogen) atoms. The number of carbonyl (C=O) groups excluding carboxylic acids is 1. The lowest BCUT2D eigenvalue weighted by molar-refractivity contribution is -0.153. The number of hydrogen-bond donors (Lipinski definition) is 1. The van der Waals surface area contributed by atoms with Crippen molar-refractivity contribution in [2.75, 3.05) is 13.1 Å². The molecular weight excluding hydrogens is 202 g/mol. The van der Waals surface area contributed by atoms with E-state index in [-0.39, 0.29) is 12.5 Å². The van der Waals surface area contributed by atoms with Crippen LogP contribution in [0.5, 0.6) is 0 Å². The molecule has 0 aliphatic carbocycles. The van der Waals surface area contributed by atoms with Gasteiger partial charge in [0.1, 0.15) is 5.60 Å². The van der Waals surface area contributed by atoms with Crippen LogP contribution in [0.15, 0.2) is 23.8 Å². The van der Waals surface area contributed by atoms with E-state index in [1.165, 1.54) is 0 Å². The van der Waals surface area contributed by atoms with Gasteiger partial charge in [0.25, 0.3) is 0 Å². The van der Waals surface area contributed by atoms with Gasteiger partial charge in [-0.1, -0.05) is 18.2 Å². The quantitative estimate of drug-likeness (QED) is 0.577. The van der Waals surface area contributed by atoms with Crippen molar-refractivity contribution in [2.24, 2.45) is 0 Å². The Hall–Kier alpha value is -1.09. The summed E-state index contributed by atoms with van der Waals surface area (Å²) in [7, 11) is 0. The van der Waals surface area contributed by atoms with Crippen molar-refractivity contribution in [1.29, 1.82) is 0 Å². The minimum absolute atomic E-state index is 0.219. The number of nitrogens with one attached hydrogen (secondary N) is 1. The SMILES string of the molecule is CC=CC(=CC)CNCC(=O)OC(C)(C)C. The molecule has 0 saturated heterocycles. The van der Waals surface area contributed by atoms with Crippen LogP contribution in [-0.4, -0.2) is 24.7 Å². The van der Waals surface area contributed by atoms with E-state index in [1.54, 1.807) is 0 Å². The molecule has 0 fully saturated rings. The summed E-state index contributed by atoms with van der Waals surface area (Å²) >= 11 is 0. The van der Waals surface area contributed by atoms with Crippen LogP contribution >= 0.6 is 0 Å². The van der Waals surface area contributed by atoms with Gasteiger partial charge in [-0.2, -0.15) is 0 Å². The molecular formula is C13H23NO2. The summed E-state index contributed by atoms with van der Waals surface area (Å²) in [5, 5.41) is 3.05. The average molecular weight is 225 g/mol. The summed E-state index contributed by atoms with van der Waals surface area (Å²) in [5.74, 6) is -0.219. The predicted molar refractivity (Wildman–Crippen MR) is 67.3 cm³/mol. The summed E-state index contributed by atoms with van der Waals surface area (Å²) in [6.45, 7) is 10.5. The second-order valence-electron chi connectivity index (χ2n) is 4.55. The van der Waals surface area contributed by atoms with E-state index in [0.29, 0.717) is 6.54 Å². The summed E-state index contributed by atoms with van der Waals surface area (Å²) < 4.78 is 5.17. The van der Waals surface area contributed by atoms with E-state index in [9.17, 15) is 4.79 Å². The van der Waals surface area contributed by atoms with Crippen LogP contribution in [0.25, 0.3) is 0 Å². The molecule has 0 heterocycles. The van der Waals surface area contributed by atoms with E-state index in [0.717, 1.165) is 5.57 Å². The molecule has 3 heteroatoms. The summed E-state index contributed by atoms with van der Waals surface area (Å²) in [4.78, 5) is 11.4. The van der Waals surface area contributed by atoms with E-state index in [4.69, 9.17) is 4.74 Å². The highest BCUT2D eigenvalue weighted by Crippen LogP contribution is 2.06. The van der Waals surface area contributed by atoms with Crippen molar-refractivity contribution >= 4 is 5.97 Å². The van der Waals surface area contributed by atoms with Crippen LogP contribution in [0, 0.1) is 0 Å². The Balaban J connectivity index is 3.86. The molecule has 0 aromatic rings. The van der Waals surface area contributed by atoms with Gasteiger partial charge in [-0.05, 0) is 40.2 Å². The molecule has 0 radical (unpaired) electrons. The van der Waals surface area contributed by atoms with Gasteiger partial charge in [0, 0.05) is 6.54 Å². The summed E-state index contributed by atoms with van der Waals surface area (Å²) in [6.07, 6.45) is 6.01. The number of carbonyl (C=O) groups is 1. The summed E-state index contributed by atoms with van der Waals surface area (Å²) in [5.41, 5.74) is 0.747. The van der Waals surface area contributed by atoms with Gasteiger partial charge in [0.2, 0.25) is 0 Å². The fourth-order valence-electron chi connectivity index (χ4n) is 1.16. The van der Waals surface area contributed by atoms with Gasteiger partial charge in [0.05, 0.1) is 6.54 Å². The molecule has 0 rings (SSSR count). The molecule has 0 aliphatic rings. The van der Waals surface area contributed by atoms with Gasteiger partial charge < -0.3 is 10.1 Å². The van der Waals surface area contributed by atoms with Crippen LogP contribution < -0.4 is 5.32 Å². The highest BCUT2D eigenvalue weighted by Gasteiger charge is 2.15. The Kier molecular flexibility index (Phi) is 6.74. The fourth-order valence-corrected chi connectivity index (χ4v) is 1.16. The topological polar surface area (TPSA) is 38.3 Å². The fraction of sp³-hybridized carbons (Fsp3) is 0.615. The lowest BCUT2D eigenvalue weighted by Gasteiger charge is -2.19. The lowest BCUT2D eigenvalue weighted by atomic mass is 10.2. The maximum atomic E-state index is 11.4. The standard InChI is InChI=1S/C13H23NO2/c1-6-8-11(7-2)9-14-10-12(15)16-13(3,4)5/h6-8,14H,9-10H2,1-5H3. The minimum Gasteiger partial charge on any atom is -0.459 e. The monoisotopic (exact) mass is 225 g/mol. The van der Waals surface area contributed by atoms with Crippen LogP contribution in [-0.2, 0) is 9.53 Å². The second-order valence-corrected chi connectivity index (χ2v) is 4.55. The van der Waals surface area contributed by atoms with Gasteiger partial charge in [-0.3, -0.25) is 4.79 Å². The maximum Gasteiger partial charge on any atom is 0.320 e. The van der Waals surface area contributed by atoms with Crippen molar-refractivity contribution in [3.8, 4) is 0 Å². The molecule has 0 aliphatic heterocycles. The zero-order valence-electron chi connectivity index (χ0n) is 11.0. The van der Waals surface area contributed by atoms with Gasteiger partial charge in [-0.15, -0.1) is 0 Å². The number of allylic oxidation sites excluding steroid dienone is 2. The highest BCUT2D eigenvalue weighted by atomic mass is 16.6. The molecule has 0 spiro atoms. The molecule has 92 valence electrons. The Morgan fingerprint density at radius 1 is 1.25 bits per heavy atom. The molecule has 0 aromatic carbocycles. The van der Waals surface area contributed by atoms with E-state index >= 15 is 0 Å². The van der Waals surface area contributed by atoms with Crippen molar-refractivity contribution < 1.29 is 9.53 Å². The van der Waals surface area contributed by atoms with Crippen molar-refractivity contribution in [1.82, 2.24) is 5.32 Å². The Morgan fingerprint density at radius 2 is 1.88 bits per heavy atom. The van der Waals surface area contributed by atoms with Gasteiger partial charge in [0.15, 0.2) is 0 Å². The third kappa shape index (κ3) is 8.24. The van der Waals surface area contributed by atoms with E-state index in [2.05, 4.69) is 5.32 Å². The number of ether oxygens (including phenoxy) is 1. The Bertz CT molecular complexity index is 272. The molecule has 1 N–H and O–H groups in total. The first-order chi connectivity index (χ1) is 7.39. The number of esters is 1. The predicted octanol–water partition coefficient (Wildman–Crippen LogP) is 2.44. The molecule has 3 nitrogen and oxygen atoms in total. The normalized spacial score (nSPS) is 13.2. The van der Waals surface area contributed by atoms with Crippen molar-refractivity contribution in [3.63, 3.8) is 0 Å². The van der Waals surface area contributed by atoms with Crippen LogP contribution in [0.4, 0.5) is 0 Å². The van der Waals surface area contributed by atoms with Gasteiger partial charge in [-0.25, -0.2) is 0 Å². The second kappa shape index (κ2) is 7.23. The van der Waals surface area contributed by atoms with Crippen LogP contribution in [0.1, 0.15) is 34.6 Å². The van der Waals surface area contributed by atoms with Crippen LogP contribution in [0.2, 0.25) is 0 Å². The van der Waals surface area contributed by atoms with Crippen LogP contribution in [0.3, 0.4) is 0 Å². The third-order valence-corrected chi connectivity index (χ3v) is 1.77. The molecule has 0 amide bonds. The van der Waals surface area contributed by atoms with Gasteiger partial charge >= 0.3 is 5.97 Å². The lowest BCUT2D eigenvalue weighted by Crippen LogP contribution is -2.32. The smallest absolute Gasteiger partial charge is 0.320 e. The molecule has 0 aromatic heterocycles. The van der Waals surface area contributed by atoms with E-state index in [1.807, 2.05) is 52.8 Å². The number of rotatable bonds is 5. The van der Waals surface area contributed by atoms with Crippen molar-refractivity contribution in [2.45, 2.75) is 40.2 Å². The first kappa shape index (κ1) is 14.9. The molecule has 0 atom stereocenters. The number of hydrogen-bond acceptors (Lipinski definition) is 3. The third-order valence-electron chi connectivity index (χ3n) is 1.77. The summed E-state index contributed by atoms with van der Waals surface area (Å²) in [6, 6.07) is 0. The van der Waals surface area contributed by atoms with E-state index < -0.39 is 5.60 Å². The average Bonchev–Trinajstić information content (AvgIpc) is 2.13. The maximum absolute atomic E-state index is 11.4. The molecule has 0 saturated carbocycles.